The fourth-order valence-corrected chi connectivity index (χ4v) is 3.36. The first kappa shape index (κ1) is 24.0. The van der Waals surface area contributed by atoms with E-state index in [1.165, 1.54) is 48.4 Å². The van der Waals surface area contributed by atoms with Crippen LogP contribution < -0.4 is 15.4 Å². The van der Waals surface area contributed by atoms with Crippen LogP contribution >= 0.6 is 0 Å². The zero-order chi connectivity index (χ0) is 23.8. The summed E-state index contributed by atoms with van der Waals surface area (Å²) in [5, 5.41) is 16.0. The highest BCUT2D eigenvalue weighted by Crippen LogP contribution is 2.17. The van der Waals surface area contributed by atoms with E-state index in [1.807, 2.05) is 0 Å². The average molecular weight is 459 g/mol. The molecule has 3 rings (SSSR count). The summed E-state index contributed by atoms with van der Waals surface area (Å²) in [7, 11) is 1.26. The number of halogens is 1. The second-order valence-electron chi connectivity index (χ2n) is 7.56. The van der Waals surface area contributed by atoms with Gasteiger partial charge in [0.05, 0.1) is 19.3 Å². The molecule has 2 atom stereocenters. The highest BCUT2D eigenvalue weighted by atomic mass is 19.1. The lowest BCUT2D eigenvalue weighted by Gasteiger charge is -2.27. The largest absolute Gasteiger partial charge is 0.482 e. The average Bonchev–Trinajstić information content (AvgIpc) is 3.00. The first-order chi connectivity index (χ1) is 15.9. The molecule has 0 saturated carbocycles. The summed E-state index contributed by atoms with van der Waals surface area (Å²) in [5.41, 5.74) is 0.778. The quantitative estimate of drug-likeness (QED) is 0.570. The van der Waals surface area contributed by atoms with Gasteiger partial charge in [-0.15, -0.1) is 0 Å². The molecular formula is C23H26FN3O6. The number of nitrogens with zero attached hydrogens (tertiary/aromatic N) is 1. The summed E-state index contributed by atoms with van der Waals surface area (Å²) < 4.78 is 22.8. The van der Waals surface area contributed by atoms with Crippen molar-refractivity contribution in [2.45, 2.75) is 25.0 Å². The number of benzene rings is 2. The molecule has 0 aliphatic carbocycles. The molecule has 0 aromatic heterocycles. The molecule has 0 spiro atoms. The van der Waals surface area contributed by atoms with E-state index in [2.05, 4.69) is 15.4 Å². The molecule has 1 fully saturated rings. The predicted octanol–water partition coefficient (Wildman–Crippen LogP) is 2.16. The number of ether oxygens (including phenoxy) is 2. The first-order valence-electron chi connectivity index (χ1n) is 10.5. The Kier molecular flexibility index (Phi) is 8.20. The molecule has 33 heavy (non-hydrogen) atoms. The normalized spacial score (nSPS) is 18.1. The highest BCUT2D eigenvalue weighted by Gasteiger charge is 2.29. The lowest BCUT2D eigenvalue weighted by atomic mass is 10.1. The number of amides is 3. The van der Waals surface area contributed by atoms with Crippen LogP contribution in [0.1, 0.15) is 23.2 Å². The fourth-order valence-electron chi connectivity index (χ4n) is 3.36. The van der Waals surface area contributed by atoms with Crippen LogP contribution in [0.2, 0.25) is 0 Å². The lowest BCUT2D eigenvalue weighted by molar-refractivity contribution is -0.142. The van der Waals surface area contributed by atoms with Gasteiger partial charge in [-0.2, -0.15) is 0 Å². The minimum Gasteiger partial charge on any atom is -0.482 e. The van der Waals surface area contributed by atoms with Gasteiger partial charge in [0.25, 0.3) is 5.91 Å². The maximum Gasteiger partial charge on any atom is 0.343 e. The monoisotopic (exact) mass is 459 g/mol. The molecular weight excluding hydrogens is 433 g/mol. The fraction of sp³-hybridized carbons (Fsp3) is 0.348. The van der Waals surface area contributed by atoms with E-state index in [1.54, 1.807) is 12.1 Å². The van der Waals surface area contributed by atoms with Crippen molar-refractivity contribution in [2.24, 2.45) is 0 Å². The molecule has 1 heterocycles. The number of hydrogen-bond donors (Lipinski definition) is 3. The van der Waals surface area contributed by atoms with E-state index < -0.39 is 35.9 Å². The zero-order valence-electron chi connectivity index (χ0n) is 18.1. The molecule has 9 nitrogen and oxygen atoms in total. The predicted molar refractivity (Wildman–Crippen MR) is 117 cm³/mol. The van der Waals surface area contributed by atoms with Crippen LogP contribution in [0.25, 0.3) is 0 Å². The lowest BCUT2D eigenvalue weighted by Crippen LogP contribution is -2.50. The van der Waals surface area contributed by atoms with Crippen molar-refractivity contribution in [3.63, 3.8) is 0 Å². The third kappa shape index (κ3) is 6.91. The molecule has 0 radical (unpaired) electrons. The molecule has 3 amide bonds. The number of esters is 1. The Morgan fingerprint density at radius 3 is 2.48 bits per heavy atom. The Balaban J connectivity index is 1.59. The van der Waals surface area contributed by atoms with Gasteiger partial charge in [0.1, 0.15) is 11.6 Å². The highest BCUT2D eigenvalue weighted by molar-refractivity contribution is 5.94. The Morgan fingerprint density at radius 2 is 1.82 bits per heavy atom. The Labute approximate surface area is 190 Å². The summed E-state index contributed by atoms with van der Waals surface area (Å²) in [6, 6.07) is 10.5. The van der Waals surface area contributed by atoms with Crippen LogP contribution in [0.15, 0.2) is 48.5 Å². The molecule has 2 aromatic rings. The van der Waals surface area contributed by atoms with E-state index in [-0.39, 0.29) is 13.2 Å². The van der Waals surface area contributed by atoms with E-state index in [0.717, 1.165) is 0 Å². The number of aliphatic hydroxyl groups is 1. The van der Waals surface area contributed by atoms with Gasteiger partial charge in [0.2, 0.25) is 0 Å². The van der Waals surface area contributed by atoms with Crippen molar-refractivity contribution in [3.05, 3.63) is 59.9 Å². The SMILES string of the molecule is COC(=O)COc1ccc(C(=O)N[C@@H]2CN(C(=O)Nc3ccc(F)cc3)CCC[C@H]2O)cc1. The zero-order valence-corrected chi connectivity index (χ0v) is 18.1. The molecule has 1 aliphatic heterocycles. The number of urea groups is 1. The molecule has 10 heteroatoms. The van der Waals surface area contributed by atoms with Crippen LogP contribution in [-0.2, 0) is 9.53 Å². The number of likely N-dealkylation sites (tertiary alicyclic amines) is 1. The second kappa shape index (κ2) is 11.3. The van der Waals surface area contributed by atoms with E-state index in [0.29, 0.717) is 36.4 Å². The molecule has 2 aromatic carbocycles. The van der Waals surface area contributed by atoms with Gasteiger partial charge in [-0.3, -0.25) is 4.79 Å². The van der Waals surface area contributed by atoms with Gasteiger partial charge in [0.15, 0.2) is 6.61 Å². The number of rotatable bonds is 6. The van der Waals surface area contributed by atoms with Crippen molar-refractivity contribution >= 4 is 23.6 Å². The van der Waals surface area contributed by atoms with E-state index in [4.69, 9.17) is 4.74 Å². The number of nitrogens with one attached hydrogen (secondary N) is 2. The van der Waals surface area contributed by atoms with Gasteiger partial charge >= 0.3 is 12.0 Å². The summed E-state index contributed by atoms with van der Waals surface area (Å²) in [6.45, 7) is 0.273. The summed E-state index contributed by atoms with van der Waals surface area (Å²) in [5.74, 6) is -0.946. The van der Waals surface area contributed by atoms with Crippen LogP contribution in [0, 0.1) is 5.82 Å². The van der Waals surface area contributed by atoms with E-state index >= 15 is 0 Å². The number of hydrogen-bond acceptors (Lipinski definition) is 6. The van der Waals surface area contributed by atoms with Gasteiger partial charge in [-0.1, -0.05) is 0 Å². The number of carbonyl (C=O) groups excluding carboxylic acids is 3. The van der Waals surface area contributed by atoms with Crippen LogP contribution in [0.3, 0.4) is 0 Å². The van der Waals surface area contributed by atoms with Crippen molar-refractivity contribution in [1.82, 2.24) is 10.2 Å². The molecule has 0 unspecified atom stereocenters. The molecule has 0 bridgehead atoms. The van der Waals surface area contributed by atoms with Crippen molar-refractivity contribution in [2.75, 3.05) is 32.1 Å². The van der Waals surface area contributed by atoms with Crippen LogP contribution in [0.5, 0.6) is 5.75 Å². The van der Waals surface area contributed by atoms with E-state index in [9.17, 15) is 23.9 Å². The summed E-state index contributed by atoms with van der Waals surface area (Å²) in [6.07, 6.45) is 0.169. The van der Waals surface area contributed by atoms with Crippen LogP contribution in [-0.4, -0.2) is 66.9 Å². The number of methoxy groups -OCH3 is 1. The van der Waals surface area contributed by atoms with Gasteiger partial charge in [0, 0.05) is 24.3 Å². The molecule has 1 aliphatic rings. The maximum atomic E-state index is 13.1. The molecule has 3 N–H and O–H groups in total. The Bertz CT molecular complexity index is 967. The van der Waals surface area contributed by atoms with Gasteiger partial charge in [-0.25, -0.2) is 14.0 Å². The smallest absolute Gasteiger partial charge is 0.343 e. The Hall–Kier alpha value is -3.66. The minimum atomic E-state index is -0.819. The standard InChI is InChI=1S/C23H26FN3O6/c1-32-21(29)14-33-18-10-4-15(5-11-18)22(30)26-19-13-27(12-2-3-20(19)28)23(31)25-17-8-6-16(24)7-9-17/h4-11,19-20,28H,2-3,12-14H2,1H3,(H,25,31)(H,26,30)/t19-,20-/m1/s1. The maximum absolute atomic E-state index is 13.1. The van der Waals surface area contributed by atoms with Crippen molar-refractivity contribution in [3.8, 4) is 5.75 Å². The topological polar surface area (TPSA) is 117 Å². The minimum absolute atomic E-state index is 0.111. The van der Waals surface area contributed by atoms with Crippen molar-refractivity contribution < 1.29 is 33.4 Å². The van der Waals surface area contributed by atoms with Gasteiger partial charge in [-0.05, 0) is 61.4 Å². The summed E-state index contributed by atoms with van der Waals surface area (Å²) in [4.78, 5) is 38.0. The second-order valence-corrected chi connectivity index (χ2v) is 7.56. The number of anilines is 1. The third-order valence-electron chi connectivity index (χ3n) is 5.21. The third-order valence-corrected chi connectivity index (χ3v) is 5.21. The molecule has 176 valence electrons. The summed E-state index contributed by atoms with van der Waals surface area (Å²) >= 11 is 0. The van der Waals surface area contributed by atoms with Crippen LogP contribution in [0.4, 0.5) is 14.9 Å². The van der Waals surface area contributed by atoms with Crippen molar-refractivity contribution in [1.29, 1.82) is 0 Å². The number of carbonyl (C=O) groups is 3. The molecule has 1 saturated heterocycles. The Morgan fingerprint density at radius 1 is 1.12 bits per heavy atom. The van der Waals surface area contributed by atoms with Gasteiger partial charge < -0.3 is 30.1 Å². The first-order valence-corrected chi connectivity index (χ1v) is 10.5. The number of aliphatic hydroxyl groups excluding tert-OH is 1.